The van der Waals surface area contributed by atoms with E-state index in [1.807, 2.05) is 6.08 Å². The van der Waals surface area contributed by atoms with Crippen LogP contribution in [0.4, 0.5) is 0 Å². The Labute approximate surface area is 151 Å². The summed E-state index contributed by atoms with van der Waals surface area (Å²) < 4.78 is 6.64. The van der Waals surface area contributed by atoms with Gasteiger partial charge in [-0.25, -0.2) is 0 Å². The molecule has 3 heterocycles. The lowest BCUT2D eigenvalue weighted by atomic mass is 9.65. The molecular formula is C21H31N3O. The number of fused-ring (bicyclic) bond motifs is 1. The van der Waals surface area contributed by atoms with E-state index in [0.29, 0.717) is 6.10 Å². The number of ether oxygens (including phenoxy) is 1. The highest BCUT2D eigenvalue weighted by Gasteiger charge is 2.54. The van der Waals surface area contributed by atoms with Gasteiger partial charge in [-0.05, 0) is 50.6 Å². The fourth-order valence-electron chi connectivity index (χ4n) is 5.17. The van der Waals surface area contributed by atoms with E-state index in [-0.39, 0.29) is 5.41 Å². The summed E-state index contributed by atoms with van der Waals surface area (Å²) in [7, 11) is 2.07. The van der Waals surface area contributed by atoms with Gasteiger partial charge in [0.2, 0.25) is 0 Å². The van der Waals surface area contributed by atoms with Gasteiger partial charge in [-0.1, -0.05) is 18.6 Å². The van der Waals surface area contributed by atoms with Crippen LogP contribution in [0.5, 0.6) is 0 Å². The molecule has 2 N–H and O–H groups in total. The molecule has 136 valence electrons. The van der Waals surface area contributed by atoms with Crippen molar-refractivity contribution < 1.29 is 4.74 Å². The van der Waals surface area contributed by atoms with E-state index >= 15 is 0 Å². The number of nitrogens with zero attached hydrogens (tertiary/aromatic N) is 1. The molecule has 1 saturated heterocycles. The van der Waals surface area contributed by atoms with Crippen LogP contribution in [0.15, 0.2) is 47.8 Å². The van der Waals surface area contributed by atoms with Crippen LogP contribution in [0, 0.1) is 5.41 Å². The SMILES string of the molecule is C=CCNCCC1CC23CCCCC2=C(NC)N2C=CCCC2=C3O1. The molecule has 25 heavy (non-hydrogen) atoms. The third-order valence-corrected chi connectivity index (χ3v) is 6.20. The zero-order valence-corrected chi connectivity index (χ0v) is 15.4. The first kappa shape index (κ1) is 16.8. The van der Waals surface area contributed by atoms with E-state index < -0.39 is 0 Å². The predicted octanol–water partition coefficient (Wildman–Crippen LogP) is 3.77. The third kappa shape index (κ3) is 2.71. The van der Waals surface area contributed by atoms with E-state index in [9.17, 15) is 0 Å². The van der Waals surface area contributed by atoms with Gasteiger partial charge >= 0.3 is 0 Å². The molecule has 4 rings (SSSR count). The maximum atomic E-state index is 6.64. The predicted molar refractivity (Wildman–Crippen MR) is 101 cm³/mol. The zero-order valence-electron chi connectivity index (χ0n) is 15.4. The monoisotopic (exact) mass is 341 g/mol. The molecule has 4 nitrogen and oxygen atoms in total. The highest BCUT2D eigenvalue weighted by Crippen LogP contribution is 2.60. The van der Waals surface area contributed by atoms with Gasteiger partial charge in [-0.3, -0.25) is 0 Å². The molecule has 0 aromatic heterocycles. The van der Waals surface area contributed by atoms with Crippen LogP contribution in [0.25, 0.3) is 0 Å². The Kier molecular flexibility index (Phi) is 4.63. The van der Waals surface area contributed by atoms with Crippen molar-refractivity contribution in [3.05, 3.63) is 47.8 Å². The van der Waals surface area contributed by atoms with Gasteiger partial charge < -0.3 is 20.3 Å². The summed E-state index contributed by atoms with van der Waals surface area (Å²) >= 11 is 0. The summed E-state index contributed by atoms with van der Waals surface area (Å²) in [6.45, 7) is 5.65. The molecule has 0 aromatic carbocycles. The standard InChI is InChI=1S/C21H31N3O/c1-3-12-23-13-10-16-15-21-11-6-4-8-17(21)20(22-2)24-14-7-5-9-18(24)19(21)25-16/h3,7,14,16,22-23H,1,4-6,8-13,15H2,2H3. The number of hydrogen-bond donors (Lipinski definition) is 2. The average Bonchev–Trinajstić information content (AvgIpc) is 3.01. The Hall–Kier alpha value is -1.68. The second kappa shape index (κ2) is 6.91. The topological polar surface area (TPSA) is 36.5 Å². The van der Waals surface area contributed by atoms with Crippen LogP contribution in [-0.4, -0.2) is 31.1 Å². The molecule has 1 aliphatic carbocycles. The molecule has 4 aliphatic rings. The van der Waals surface area contributed by atoms with Crippen LogP contribution < -0.4 is 10.6 Å². The minimum Gasteiger partial charge on any atom is -0.492 e. The van der Waals surface area contributed by atoms with Crippen molar-refractivity contribution >= 4 is 0 Å². The van der Waals surface area contributed by atoms with Crippen molar-refractivity contribution in [2.24, 2.45) is 5.41 Å². The Morgan fingerprint density at radius 2 is 2.32 bits per heavy atom. The van der Waals surface area contributed by atoms with E-state index in [0.717, 1.165) is 38.8 Å². The van der Waals surface area contributed by atoms with Crippen LogP contribution in [0.2, 0.25) is 0 Å². The quantitative estimate of drug-likeness (QED) is 0.570. The van der Waals surface area contributed by atoms with Gasteiger partial charge in [0, 0.05) is 26.2 Å². The zero-order chi connectivity index (χ0) is 17.3. The van der Waals surface area contributed by atoms with E-state index in [2.05, 4.69) is 41.4 Å². The molecule has 0 aromatic rings. The molecule has 0 amide bonds. The Morgan fingerprint density at radius 3 is 3.16 bits per heavy atom. The Balaban J connectivity index is 1.66. The summed E-state index contributed by atoms with van der Waals surface area (Å²) in [5, 5.41) is 6.95. The summed E-state index contributed by atoms with van der Waals surface area (Å²) in [6, 6.07) is 0. The first-order valence-electron chi connectivity index (χ1n) is 9.89. The smallest absolute Gasteiger partial charge is 0.127 e. The van der Waals surface area contributed by atoms with Crippen molar-refractivity contribution in [1.82, 2.24) is 15.5 Å². The lowest BCUT2D eigenvalue weighted by Gasteiger charge is -2.46. The van der Waals surface area contributed by atoms with Gasteiger partial charge in [-0.15, -0.1) is 6.58 Å². The average molecular weight is 341 g/mol. The van der Waals surface area contributed by atoms with Gasteiger partial charge in [0.15, 0.2) is 0 Å². The van der Waals surface area contributed by atoms with Crippen LogP contribution >= 0.6 is 0 Å². The van der Waals surface area contributed by atoms with Crippen molar-refractivity contribution in [2.75, 3.05) is 20.1 Å². The van der Waals surface area contributed by atoms with Gasteiger partial charge in [0.05, 0.1) is 11.1 Å². The van der Waals surface area contributed by atoms with E-state index in [1.165, 1.54) is 43.0 Å². The second-order valence-corrected chi connectivity index (χ2v) is 7.66. The number of rotatable bonds is 6. The minimum absolute atomic E-state index is 0.163. The van der Waals surface area contributed by atoms with Crippen LogP contribution in [0.3, 0.4) is 0 Å². The molecule has 1 saturated carbocycles. The highest BCUT2D eigenvalue weighted by molar-refractivity contribution is 5.43. The largest absolute Gasteiger partial charge is 0.492 e. The summed E-state index contributed by atoms with van der Waals surface area (Å²) in [5.41, 5.74) is 3.16. The van der Waals surface area contributed by atoms with Gasteiger partial charge in [0.1, 0.15) is 17.7 Å². The normalized spacial score (nSPS) is 30.6. The Bertz CT molecular complexity index is 633. The third-order valence-electron chi connectivity index (χ3n) is 6.20. The molecule has 0 radical (unpaired) electrons. The molecule has 0 bridgehead atoms. The molecule has 2 fully saturated rings. The summed E-state index contributed by atoms with van der Waals surface area (Å²) in [4.78, 5) is 2.37. The number of hydrogen-bond acceptors (Lipinski definition) is 4. The number of allylic oxidation sites excluding steroid dienone is 3. The summed E-state index contributed by atoms with van der Waals surface area (Å²) in [5.74, 6) is 2.63. The van der Waals surface area contributed by atoms with Gasteiger partial charge in [0.25, 0.3) is 0 Å². The molecule has 2 atom stereocenters. The van der Waals surface area contributed by atoms with Crippen molar-refractivity contribution in [2.45, 2.75) is 57.5 Å². The first-order valence-corrected chi connectivity index (χ1v) is 9.89. The maximum Gasteiger partial charge on any atom is 0.127 e. The molecular weight excluding hydrogens is 310 g/mol. The van der Waals surface area contributed by atoms with Gasteiger partial charge in [-0.2, -0.15) is 0 Å². The fourth-order valence-corrected chi connectivity index (χ4v) is 5.17. The van der Waals surface area contributed by atoms with Crippen molar-refractivity contribution in [1.29, 1.82) is 0 Å². The highest BCUT2D eigenvalue weighted by atomic mass is 16.5. The molecule has 4 heteroatoms. The first-order chi connectivity index (χ1) is 12.3. The van der Waals surface area contributed by atoms with Crippen LogP contribution in [0.1, 0.15) is 51.4 Å². The minimum atomic E-state index is 0.163. The second-order valence-electron chi connectivity index (χ2n) is 7.66. The van der Waals surface area contributed by atoms with Crippen molar-refractivity contribution in [3.8, 4) is 0 Å². The van der Waals surface area contributed by atoms with Crippen molar-refractivity contribution in [3.63, 3.8) is 0 Å². The molecule has 3 aliphatic heterocycles. The lowest BCUT2D eigenvalue weighted by Crippen LogP contribution is -2.41. The van der Waals surface area contributed by atoms with Crippen LogP contribution in [-0.2, 0) is 4.74 Å². The maximum absolute atomic E-state index is 6.64. The lowest BCUT2D eigenvalue weighted by molar-refractivity contribution is 0.138. The fraction of sp³-hybridized carbons (Fsp3) is 0.619. The molecule has 2 unspecified atom stereocenters. The molecule has 1 spiro atoms. The van der Waals surface area contributed by atoms with E-state index in [4.69, 9.17) is 4.74 Å². The Morgan fingerprint density at radius 1 is 1.40 bits per heavy atom. The van der Waals surface area contributed by atoms with E-state index in [1.54, 1.807) is 5.57 Å². The number of nitrogens with one attached hydrogen (secondary N) is 2. The summed E-state index contributed by atoms with van der Waals surface area (Å²) in [6.07, 6.45) is 16.3.